The Bertz CT molecular complexity index is 964. The van der Waals surface area contributed by atoms with Crippen LogP contribution in [0.2, 0.25) is 0 Å². The van der Waals surface area contributed by atoms with Gasteiger partial charge in [-0.2, -0.15) is 4.99 Å². The highest BCUT2D eigenvalue weighted by Gasteiger charge is 2.10. The average Bonchev–Trinajstić information content (AvgIpc) is 3.07. The van der Waals surface area contributed by atoms with Crippen molar-refractivity contribution in [3.63, 3.8) is 0 Å². The van der Waals surface area contributed by atoms with Crippen molar-refractivity contribution in [2.24, 2.45) is 4.99 Å². The minimum Gasteiger partial charge on any atom is -0.359 e. The first kappa shape index (κ1) is 16.2. The molecule has 7 heteroatoms. The Morgan fingerprint density at radius 1 is 1.17 bits per heavy atom. The third kappa shape index (κ3) is 3.46. The van der Waals surface area contributed by atoms with Crippen LogP contribution in [0.25, 0.3) is 0 Å². The number of aliphatic imine (C=N–C) groups is 1. The molecule has 0 fully saturated rings. The van der Waals surface area contributed by atoms with Gasteiger partial charge in [0.2, 0.25) is 5.96 Å². The van der Waals surface area contributed by atoms with E-state index in [4.69, 9.17) is 9.93 Å². The second-order valence-corrected chi connectivity index (χ2v) is 6.87. The minimum atomic E-state index is 0.368. The van der Waals surface area contributed by atoms with Crippen LogP contribution >= 0.6 is 11.5 Å². The number of nitrogens with zero attached hydrogens (tertiary/aromatic N) is 3. The standard InChI is InChI=1S/C17H19N5OS/c1-10-5-6-14(7-11(10)2)19-17(20-16-8-12(3)23-21-16)22-15(18)9-13(4)24-22/h5-9,18H,1-4H3,(H,19,20,21). The molecule has 0 radical (unpaired) electrons. The van der Waals surface area contributed by atoms with Crippen LogP contribution in [0.5, 0.6) is 0 Å². The third-order valence-electron chi connectivity index (χ3n) is 3.59. The van der Waals surface area contributed by atoms with Crippen LogP contribution in [0.15, 0.2) is 39.8 Å². The van der Waals surface area contributed by atoms with Crippen LogP contribution in [0.4, 0.5) is 11.5 Å². The fraction of sp³-hybridized carbons (Fsp3) is 0.235. The first-order valence-electron chi connectivity index (χ1n) is 7.53. The fourth-order valence-electron chi connectivity index (χ4n) is 2.21. The second kappa shape index (κ2) is 6.45. The molecule has 0 bridgehead atoms. The molecule has 24 heavy (non-hydrogen) atoms. The fourth-order valence-corrected chi connectivity index (χ4v) is 2.99. The van der Waals surface area contributed by atoms with Crippen molar-refractivity contribution in [3.05, 3.63) is 57.6 Å². The van der Waals surface area contributed by atoms with Gasteiger partial charge in [0.1, 0.15) is 11.2 Å². The summed E-state index contributed by atoms with van der Waals surface area (Å²) in [6.07, 6.45) is 0. The van der Waals surface area contributed by atoms with Crippen molar-refractivity contribution < 1.29 is 4.52 Å². The lowest BCUT2D eigenvalue weighted by Crippen LogP contribution is -2.28. The lowest BCUT2D eigenvalue weighted by Gasteiger charge is -2.11. The van der Waals surface area contributed by atoms with Crippen molar-refractivity contribution in [3.8, 4) is 0 Å². The van der Waals surface area contributed by atoms with E-state index in [0.29, 0.717) is 23.0 Å². The average molecular weight is 341 g/mol. The molecule has 3 aromatic rings. The Hall–Kier alpha value is -2.67. The lowest BCUT2D eigenvalue weighted by atomic mass is 10.1. The summed E-state index contributed by atoms with van der Waals surface area (Å²) in [5.41, 5.74) is 3.70. The number of hydrogen-bond donors (Lipinski definition) is 2. The zero-order valence-corrected chi connectivity index (χ0v) is 14.9. The summed E-state index contributed by atoms with van der Waals surface area (Å²) in [5.74, 6) is 1.68. The zero-order valence-electron chi connectivity index (χ0n) is 14.0. The predicted octanol–water partition coefficient (Wildman–Crippen LogP) is 3.90. The monoisotopic (exact) mass is 341 g/mol. The highest BCUT2D eigenvalue weighted by atomic mass is 32.1. The number of nitrogens with one attached hydrogen (secondary N) is 2. The highest BCUT2D eigenvalue weighted by Crippen LogP contribution is 2.17. The van der Waals surface area contributed by atoms with E-state index in [2.05, 4.69) is 41.4 Å². The first-order valence-corrected chi connectivity index (χ1v) is 8.31. The topological polar surface area (TPSA) is 79.2 Å². The number of rotatable bonds is 2. The smallest absolute Gasteiger partial charge is 0.225 e. The van der Waals surface area contributed by atoms with Gasteiger partial charge in [-0.05, 0) is 57.0 Å². The molecule has 2 aromatic heterocycles. The van der Waals surface area contributed by atoms with Gasteiger partial charge in [-0.25, -0.2) is 3.96 Å². The molecule has 2 N–H and O–H groups in total. The summed E-state index contributed by atoms with van der Waals surface area (Å²) in [6.45, 7) is 7.93. The molecular weight excluding hydrogens is 322 g/mol. The molecule has 0 aliphatic rings. The zero-order chi connectivity index (χ0) is 17.3. The van der Waals surface area contributed by atoms with Crippen LogP contribution in [-0.2, 0) is 0 Å². The number of anilines is 1. The molecule has 0 unspecified atom stereocenters. The summed E-state index contributed by atoms with van der Waals surface area (Å²) in [4.78, 5) is 5.56. The van der Waals surface area contributed by atoms with Crippen LogP contribution < -0.4 is 10.8 Å². The van der Waals surface area contributed by atoms with Gasteiger partial charge in [0.15, 0.2) is 5.82 Å². The van der Waals surface area contributed by atoms with E-state index in [1.54, 1.807) is 16.1 Å². The second-order valence-electron chi connectivity index (χ2n) is 5.68. The molecule has 0 saturated carbocycles. The van der Waals surface area contributed by atoms with E-state index in [1.165, 1.54) is 22.7 Å². The number of benzene rings is 1. The van der Waals surface area contributed by atoms with Crippen molar-refractivity contribution in [1.82, 2.24) is 9.11 Å². The largest absolute Gasteiger partial charge is 0.359 e. The van der Waals surface area contributed by atoms with E-state index in [-0.39, 0.29) is 0 Å². The van der Waals surface area contributed by atoms with Crippen molar-refractivity contribution in [1.29, 1.82) is 5.41 Å². The van der Waals surface area contributed by atoms with E-state index in [1.807, 2.05) is 19.9 Å². The molecule has 3 rings (SSSR count). The number of hydrogen-bond acceptors (Lipinski definition) is 5. The molecule has 0 saturated heterocycles. The minimum absolute atomic E-state index is 0.368. The van der Waals surface area contributed by atoms with Gasteiger partial charge in [0, 0.05) is 16.6 Å². The predicted molar refractivity (Wildman–Crippen MR) is 96.2 cm³/mol. The Labute approximate surface area is 144 Å². The molecular formula is C17H19N5OS. The van der Waals surface area contributed by atoms with Crippen LogP contribution in [0.3, 0.4) is 0 Å². The van der Waals surface area contributed by atoms with Crippen LogP contribution in [0, 0.1) is 33.1 Å². The van der Waals surface area contributed by atoms with Gasteiger partial charge in [-0.15, -0.1) is 0 Å². The molecule has 0 spiro atoms. The van der Waals surface area contributed by atoms with Crippen molar-refractivity contribution in [2.45, 2.75) is 27.7 Å². The Balaban J connectivity index is 2.04. The molecule has 0 aliphatic heterocycles. The van der Waals surface area contributed by atoms with E-state index >= 15 is 0 Å². The molecule has 6 nitrogen and oxygen atoms in total. The number of aryl methyl sites for hydroxylation is 4. The van der Waals surface area contributed by atoms with E-state index in [0.717, 1.165) is 10.6 Å². The van der Waals surface area contributed by atoms with Gasteiger partial charge in [-0.3, -0.25) is 5.41 Å². The van der Waals surface area contributed by atoms with Gasteiger partial charge >= 0.3 is 0 Å². The maximum absolute atomic E-state index is 8.14. The summed E-state index contributed by atoms with van der Waals surface area (Å²) in [7, 11) is 0. The van der Waals surface area contributed by atoms with Gasteiger partial charge in [0.05, 0.1) is 0 Å². The molecule has 0 amide bonds. The SMILES string of the molecule is Cc1cc(N=C(Nc2ccc(C)c(C)c2)n2sc(C)cc2=N)no1. The van der Waals surface area contributed by atoms with Crippen molar-refractivity contribution in [2.75, 3.05) is 5.32 Å². The summed E-state index contributed by atoms with van der Waals surface area (Å²) in [6, 6.07) is 9.67. The molecule has 2 heterocycles. The maximum atomic E-state index is 8.14. The summed E-state index contributed by atoms with van der Waals surface area (Å²) >= 11 is 1.45. The van der Waals surface area contributed by atoms with Gasteiger partial charge in [-0.1, -0.05) is 22.8 Å². The van der Waals surface area contributed by atoms with Crippen LogP contribution in [0.1, 0.15) is 21.8 Å². The first-order chi connectivity index (χ1) is 11.4. The van der Waals surface area contributed by atoms with Crippen molar-refractivity contribution >= 4 is 29.0 Å². The Morgan fingerprint density at radius 3 is 2.54 bits per heavy atom. The maximum Gasteiger partial charge on any atom is 0.225 e. The third-order valence-corrected chi connectivity index (χ3v) is 4.54. The molecule has 0 aliphatic carbocycles. The summed E-state index contributed by atoms with van der Waals surface area (Å²) < 4.78 is 6.81. The molecule has 124 valence electrons. The normalized spacial score (nSPS) is 11.8. The van der Waals surface area contributed by atoms with Gasteiger partial charge < -0.3 is 9.84 Å². The Kier molecular flexibility index (Phi) is 4.35. The van der Waals surface area contributed by atoms with E-state index < -0.39 is 0 Å². The Morgan fingerprint density at radius 2 is 1.96 bits per heavy atom. The summed E-state index contributed by atoms with van der Waals surface area (Å²) in [5, 5.41) is 15.4. The van der Waals surface area contributed by atoms with Gasteiger partial charge in [0.25, 0.3) is 0 Å². The van der Waals surface area contributed by atoms with Crippen LogP contribution in [-0.4, -0.2) is 15.1 Å². The lowest BCUT2D eigenvalue weighted by molar-refractivity contribution is 0.399. The quantitative estimate of drug-likeness (QED) is 0.548. The molecule has 0 atom stereocenters. The number of aromatic nitrogens is 2. The molecule has 1 aromatic carbocycles. The van der Waals surface area contributed by atoms with E-state index in [9.17, 15) is 0 Å². The highest BCUT2D eigenvalue weighted by molar-refractivity contribution is 7.07.